The fraction of sp³-hybridized carbons (Fsp3) is 0.500. The average molecular weight is 254 g/mol. The summed E-state index contributed by atoms with van der Waals surface area (Å²) in [5.41, 5.74) is 2.48. The van der Waals surface area contributed by atoms with E-state index in [1.54, 1.807) is 0 Å². The molecule has 0 aliphatic rings. The second-order valence-corrected chi connectivity index (χ2v) is 4.64. The van der Waals surface area contributed by atoms with Gasteiger partial charge in [0.05, 0.1) is 0 Å². The highest BCUT2D eigenvalue weighted by atomic mass is 35.5. The van der Waals surface area contributed by atoms with Crippen LogP contribution in [-0.4, -0.2) is 11.8 Å². The second-order valence-electron chi connectivity index (χ2n) is 4.27. The molecule has 0 aliphatic carbocycles. The van der Waals surface area contributed by atoms with Crippen molar-refractivity contribution in [2.24, 2.45) is 0 Å². The van der Waals surface area contributed by atoms with Gasteiger partial charge < -0.3 is 5.32 Å². The largest absolute Gasteiger partial charge is 0.352 e. The number of halogens is 1. The van der Waals surface area contributed by atoms with Crippen molar-refractivity contribution in [2.45, 2.75) is 39.2 Å². The monoisotopic (exact) mass is 253 g/mol. The molecule has 0 aromatic heterocycles. The molecule has 0 saturated heterocycles. The first-order chi connectivity index (χ1) is 8.17. The van der Waals surface area contributed by atoms with Crippen LogP contribution in [0.5, 0.6) is 0 Å². The van der Waals surface area contributed by atoms with Gasteiger partial charge in [0.25, 0.3) is 0 Å². The molecule has 0 fully saturated rings. The number of amides is 1. The maximum atomic E-state index is 11.2. The predicted molar refractivity (Wildman–Crippen MR) is 72.3 cm³/mol. The third kappa shape index (κ3) is 4.78. The van der Waals surface area contributed by atoms with Gasteiger partial charge in [0.2, 0.25) is 5.91 Å². The Balaban J connectivity index is 2.48. The highest BCUT2D eigenvalue weighted by Gasteiger charge is 2.03. The molecule has 1 amide bonds. The maximum Gasteiger partial charge on any atom is 0.221 e. The number of carbonyl (C=O) groups is 1. The SMILES string of the molecule is CCC(C)c1ccc(CNC(=O)CCCl)cc1. The van der Waals surface area contributed by atoms with E-state index >= 15 is 0 Å². The molecule has 1 aromatic rings. The van der Waals surface area contributed by atoms with Crippen LogP contribution in [0.15, 0.2) is 24.3 Å². The number of rotatable bonds is 6. The molecule has 1 rings (SSSR count). The van der Waals surface area contributed by atoms with E-state index in [0.717, 1.165) is 12.0 Å². The Bertz CT molecular complexity index is 348. The standard InChI is InChI=1S/C14H20ClNO/c1-3-11(2)13-6-4-12(5-7-13)10-16-14(17)8-9-15/h4-7,11H,3,8-10H2,1-2H3,(H,16,17). The van der Waals surface area contributed by atoms with Crippen LogP contribution >= 0.6 is 11.6 Å². The van der Waals surface area contributed by atoms with Gasteiger partial charge in [-0.1, -0.05) is 38.1 Å². The Hall–Kier alpha value is -1.02. The predicted octanol–water partition coefficient (Wildman–Crippen LogP) is 3.45. The summed E-state index contributed by atoms with van der Waals surface area (Å²) in [5, 5.41) is 2.84. The van der Waals surface area contributed by atoms with E-state index in [1.807, 2.05) is 0 Å². The lowest BCUT2D eigenvalue weighted by Crippen LogP contribution is -2.22. The molecule has 2 nitrogen and oxygen atoms in total. The van der Waals surface area contributed by atoms with Crippen molar-refractivity contribution in [2.75, 3.05) is 5.88 Å². The molecule has 1 atom stereocenters. The Morgan fingerprint density at radius 2 is 2.00 bits per heavy atom. The van der Waals surface area contributed by atoms with Gasteiger partial charge in [-0.25, -0.2) is 0 Å². The van der Waals surface area contributed by atoms with Crippen molar-refractivity contribution in [3.63, 3.8) is 0 Å². The first-order valence-electron chi connectivity index (χ1n) is 6.08. The normalized spacial score (nSPS) is 12.2. The minimum absolute atomic E-state index is 0.00556. The zero-order valence-corrected chi connectivity index (χ0v) is 11.3. The molecule has 0 heterocycles. The lowest BCUT2D eigenvalue weighted by atomic mass is 9.98. The van der Waals surface area contributed by atoms with E-state index in [2.05, 4.69) is 43.4 Å². The van der Waals surface area contributed by atoms with Crippen LogP contribution in [0, 0.1) is 0 Å². The molecular weight excluding hydrogens is 234 g/mol. The number of benzene rings is 1. The summed E-state index contributed by atoms with van der Waals surface area (Å²) in [5.74, 6) is 0.972. The van der Waals surface area contributed by atoms with E-state index in [0.29, 0.717) is 24.8 Å². The number of hydrogen-bond donors (Lipinski definition) is 1. The van der Waals surface area contributed by atoms with Crippen LogP contribution in [0.1, 0.15) is 43.7 Å². The van der Waals surface area contributed by atoms with Crippen molar-refractivity contribution in [3.8, 4) is 0 Å². The van der Waals surface area contributed by atoms with Crippen LogP contribution in [0.2, 0.25) is 0 Å². The summed E-state index contributed by atoms with van der Waals surface area (Å²) >= 11 is 5.49. The molecule has 94 valence electrons. The summed E-state index contributed by atoms with van der Waals surface area (Å²) in [6.07, 6.45) is 1.53. The quantitative estimate of drug-likeness (QED) is 0.773. The van der Waals surface area contributed by atoms with Crippen molar-refractivity contribution >= 4 is 17.5 Å². The third-order valence-corrected chi connectivity index (χ3v) is 3.16. The van der Waals surface area contributed by atoms with E-state index in [4.69, 9.17) is 11.6 Å². The summed E-state index contributed by atoms with van der Waals surface area (Å²) in [6, 6.07) is 8.42. The van der Waals surface area contributed by atoms with Gasteiger partial charge in [0.15, 0.2) is 0 Å². The van der Waals surface area contributed by atoms with Gasteiger partial charge >= 0.3 is 0 Å². The smallest absolute Gasteiger partial charge is 0.221 e. The van der Waals surface area contributed by atoms with Crippen molar-refractivity contribution < 1.29 is 4.79 Å². The van der Waals surface area contributed by atoms with Gasteiger partial charge in [0.1, 0.15) is 0 Å². The lowest BCUT2D eigenvalue weighted by Gasteiger charge is -2.10. The summed E-state index contributed by atoms with van der Waals surface area (Å²) in [4.78, 5) is 11.2. The first kappa shape index (κ1) is 14.0. The summed E-state index contributed by atoms with van der Waals surface area (Å²) in [6.45, 7) is 4.98. The Kier molecular flexibility index (Phi) is 6.06. The molecule has 0 saturated carbocycles. The van der Waals surface area contributed by atoms with Crippen molar-refractivity contribution in [3.05, 3.63) is 35.4 Å². The first-order valence-corrected chi connectivity index (χ1v) is 6.62. The zero-order valence-electron chi connectivity index (χ0n) is 10.5. The molecule has 0 bridgehead atoms. The molecular formula is C14H20ClNO. The van der Waals surface area contributed by atoms with Crippen LogP contribution in [0.3, 0.4) is 0 Å². The van der Waals surface area contributed by atoms with E-state index in [1.165, 1.54) is 5.56 Å². The minimum atomic E-state index is 0.00556. The highest BCUT2D eigenvalue weighted by Crippen LogP contribution is 2.18. The minimum Gasteiger partial charge on any atom is -0.352 e. The van der Waals surface area contributed by atoms with E-state index < -0.39 is 0 Å². The lowest BCUT2D eigenvalue weighted by molar-refractivity contribution is -0.120. The fourth-order valence-electron chi connectivity index (χ4n) is 1.57. The van der Waals surface area contributed by atoms with Crippen LogP contribution in [0.25, 0.3) is 0 Å². The van der Waals surface area contributed by atoms with Gasteiger partial charge in [-0.15, -0.1) is 11.6 Å². The zero-order chi connectivity index (χ0) is 12.7. The molecule has 17 heavy (non-hydrogen) atoms. The second kappa shape index (κ2) is 7.33. The summed E-state index contributed by atoms with van der Waals surface area (Å²) < 4.78 is 0. The van der Waals surface area contributed by atoms with Gasteiger partial charge in [-0.2, -0.15) is 0 Å². The number of carbonyl (C=O) groups excluding carboxylic acids is 1. The van der Waals surface area contributed by atoms with Gasteiger partial charge in [-0.05, 0) is 23.5 Å². The molecule has 0 spiro atoms. The van der Waals surface area contributed by atoms with Crippen LogP contribution in [0.4, 0.5) is 0 Å². The molecule has 0 aliphatic heterocycles. The van der Waals surface area contributed by atoms with E-state index in [9.17, 15) is 4.79 Å². The van der Waals surface area contributed by atoms with Crippen LogP contribution < -0.4 is 5.32 Å². The van der Waals surface area contributed by atoms with E-state index in [-0.39, 0.29) is 5.91 Å². The van der Waals surface area contributed by atoms with Crippen molar-refractivity contribution in [1.29, 1.82) is 0 Å². The molecule has 0 radical (unpaired) electrons. The molecule has 3 heteroatoms. The van der Waals surface area contributed by atoms with Crippen molar-refractivity contribution in [1.82, 2.24) is 5.32 Å². The van der Waals surface area contributed by atoms with Gasteiger partial charge in [0, 0.05) is 18.8 Å². The Morgan fingerprint density at radius 3 is 2.53 bits per heavy atom. The van der Waals surface area contributed by atoms with Crippen LogP contribution in [-0.2, 0) is 11.3 Å². The number of alkyl halides is 1. The highest BCUT2D eigenvalue weighted by molar-refractivity contribution is 6.18. The molecule has 1 unspecified atom stereocenters. The summed E-state index contributed by atoms with van der Waals surface area (Å²) in [7, 11) is 0. The third-order valence-electron chi connectivity index (χ3n) is 2.97. The molecule has 1 N–H and O–H groups in total. The Morgan fingerprint density at radius 1 is 1.35 bits per heavy atom. The molecule has 1 aromatic carbocycles. The fourth-order valence-corrected chi connectivity index (χ4v) is 1.75. The topological polar surface area (TPSA) is 29.1 Å². The maximum absolute atomic E-state index is 11.2. The average Bonchev–Trinajstić information content (AvgIpc) is 2.36. The van der Waals surface area contributed by atoms with Gasteiger partial charge in [-0.3, -0.25) is 4.79 Å². The number of nitrogens with one attached hydrogen (secondary N) is 1. The number of hydrogen-bond acceptors (Lipinski definition) is 1. The Labute approximate surface area is 108 Å².